The molecule has 3 heterocycles. The molecule has 3 aromatic rings. The Kier molecular flexibility index (Phi) is 12.7. The predicted octanol–water partition coefficient (Wildman–Crippen LogP) is -0.389. The fraction of sp³-hybridized carbons (Fsp3) is 0.395. The van der Waals surface area contributed by atoms with Crippen LogP contribution < -0.4 is 14.2 Å². The van der Waals surface area contributed by atoms with Crippen LogP contribution in [-0.2, 0) is 28.5 Å². The lowest BCUT2D eigenvalue weighted by Gasteiger charge is -2.43. The molecule has 3 aliphatic rings. The van der Waals surface area contributed by atoms with E-state index in [1.807, 2.05) is 0 Å². The van der Waals surface area contributed by atoms with E-state index in [1.54, 1.807) is 0 Å². The normalized spacial score (nSPS) is 29.5. The minimum atomic E-state index is -1.92. The van der Waals surface area contributed by atoms with Crippen molar-refractivity contribution in [1.82, 2.24) is 0 Å². The van der Waals surface area contributed by atoms with Gasteiger partial charge in [-0.25, -0.2) is 4.79 Å². The Labute approximate surface area is 328 Å². The number of aliphatic hydroxyl groups excluding tert-OH is 6. The number of aliphatic hydroxyl groups is 6. The average Bonchev–Trinajstić information content (AvgIpc) is 3.20. The smallest absolute Gasteiger partial charge is 0.330 e. The molecule has 0 bridgehead atoms. The van der Waals surface area contributed by atoms with E-state index in [1.165, 1.54) is 56.7 Å². The monoisotopic (exact) mass is 818 g/mol. The summed E-state index contributed by atoms with van der Waals surface area (Å²) in [4.78, 5) is 12.5. The molecule has 0 radical (unpaired) electrons. The summed E-state index contributed by atoms with van der Waals surface area (Å²) < 4.78 is 44.3. The van der Waals surface area contributed by atoms with Crippen molar-refractivity contribution in [1.29, 1.82) is 0 Å². The summed E-state index contributed by atoms with van der Waals surface area (Å²) in [6.07, 6.45) is -15.2. The van der Waals surface area contributed by atoms with E-state index in [-0.39, 0.29) is 45.6 Å². The molecule has 0 aliphatic carbocycles. The summed E-state index contributed by atoms with van der Waals surface area (Å²) in [6.45, 7) is -1.31. The number of esters is 1. The van der Waals surface area contributed by atoms with Crippen LogP contribution in [0.1, 0.15) is 22.8 Å². The Hall–Kier alpha value is -5.55. The Morgan fingerprint density at radius 2 is 1.33 bits per heavy atom. The molecule has 2 saturated heterocycles. The van der Waals surface area contributed by atoms with Crippen LogP contribution in [0.5, 0.6) is 46.0 Å². The highest BCUT2D eigenvalue weighted by molar-refractivity contribution is 5.87. The van der Waals surface area contributed by atoms with Crippen LogP contribution in [0.15, 0.2) is 54.3 Å². The number of rotatable bonds is 12. The van der Waals surface area contributed by atoms with Crippen LogP contribution in [0, 0.1) is 0 Å². The second kappa shape index (κ2) is 17.5. The van der Waals surface area contributed by atoms with Crippen LogP contribution in [0.25, 0.3) is 12.2 Å². The first-order chi connectivity index (χ1) is 27.6. The van der Waals surface area contributed by atoms with E-state index in [4.69, 9.17) is 37.9 Å². The third kappa shape index (κ3) is 8.79. The minimum absolute atomic E-state index is 0.00619. The maximum absolute atomic E-state index is 12.5. The second-order valence-corrected chi connectivity index (χ2v) is 13.4. The summed E-state index contributed by atoms with van der Waals surface area (Å²) in [7, 11) is 2.66. The molecular formula is C38H42O20. The molecule has 0 spiro atoms. The molecule has 3 aromatic carbocycles. The molecule has 2 fully saturated rings. The third-order valence-corrected chi connectivity index (χ3v) is 9.51. The van der Waals surface area contributed by atoms with Gasteiger partial charge in [-0.15, -0.1) is 0 Å². The lowest BCUT2D eigenvalue weighted by atomic mass is 9.98. The highest BCUT2D eigenvalue weighted by Crippen LogP contribution is 2.45. The zero-order chi connectivity index (χ0) is 42.0. The number of aromatic hydroxyl groups is 5. The highest BCUT2D eigenvalue weighted by atomic mass is 16.7. The molecule has 314 valence electrons. The fourth-order valence-electron chi connectivity index (χ4n) is 6.33. The Balaban J connectivity index is 1.13. The number of benzene rings is 3. The number of hydrogen-bond acceptors (Lipinski definition) is 20. The van der Waals surface area contributed by atoms with Gasteiger partial charge in [-0.2, -0.15) is 0 Å². The lowest BCUT2D eigenvalue weighted by molar-refractivity contribution is -0.328. The van der Waals surface area contributed by atoms with Crippen molar-refractivity contribution >= 4 is 18.1 Å². The van der Waals surface area contributed by atoms with E-state index in [9.17, 15) is 61.0 Å². The van der Waals surface area contributed by atoms with E-state index in [2.05, 4.69) is 0 Å². The van der Waals surface area contributed by atoms with Gasteiger partial charge in [0.2, 0.25) is 12.0 Å². The largest absolute Gasteiger partial charge is 0.508 e. The van der Waals surface area contributed by atoms with Gasteiger partial charge in [0.05, 0.1) is 26.4 Å². The van der Waals surface area contributed by atoms with Gasteiger partial charge in [0, 0.05) is 23.8 Å². The van der Waals surface area contributed by atoms with Gasteiger partial charge in [-0.3, -0.25) is 0 Å². The van der Waals surface area contributed by atoms with Gasteiger partial charge in [0.1, 0.15) is 78.4 Å². The van der Waals surface area contributed by atoms with Crippen molar-refractivity contribution in [2.45, 2.75) is 67.5 Å². The van der Waals surface area contributed by atoms with E-state index >= 15 is 0 Å². The molecule has 0 saturated carbocycles. The molecule has 0 aromatic heterocycles. The van der Waals surface area contributed by atoms with E-state index in [0.717, 1.165) is 18.2 Å². The number of carbonyl (C=O) groups is 1. The highest BCUT2D eigenvalue weighted by Gasteiger charge is 2.49. The maximum atomic E-state index is 12.5. The van der Waals surface area contributed by atoms with Crippen LogP contribution in [0.3, 0.4) is 0 Å². The van der Waals surface area contributed by atoms with Crippen molar-refractivity contribution in [3.05, 3.63) is 71.0 Å². The summed E-state index contributed by atoms with van der Waals surface area (Å²) in [5.74, 6) is -2.89. The van der Waals surface area contributed by atoms with Crippen LogP contribution in [-0.4, -0.2) is 151 Å². The van der Waals surface area contributed by atoms with Gasteiger partial charge in [-0.1, -0.05) is 6.07 Å². The molecule has 20 nitrogen and oxygen atoms in total. The molecule has 3 aliphatic heterocycles. The van der Waals surface area contributed by atoms with Gasteiger partial charge in [-0.05, 0) is 42.0 Å². The Morgan fingerprint density at radius 3 is 1.97 bits per heavy atom. The van der Waals surface area contributed by atoms with Crippen molar-refractivity contribution in [2.75, 3.05) is 27.4 Å². The van der Waals surface area contributed by atoms with Gasteiger partial charge in [0.25, 0.3) is 0 Å². The number of methoxy groups -OCH3 is 2. The van der Waals surface area contributed by atoms with Crippen LogP contribution in [0.4, 0.5) is 0 Å². The molecule has 11 N–H and O–H groups in total. The number of carbonyl (C=O) groups excluding carboxylic acids is 1. The molecule has 0 amide bonds. The number of ether oxygens (including phenoxy) is 8. The zero-order valence-corrected chi connectivity index (χ0v) is 30.6. The SMILES string of the molecule is COc1cc(/C=C/C(=O)OC[C@H]2O[C@@H](OC[C@@H]3O[C@@H](OC4=Cc5c(O)cc(O)cc5OC4c4ccc(O)c(O)c4)[C@H](O)[C@@H](O)[C@@H]3O)[C@H](O)[C@@H](O)[C@@H]2O)cc(OC)c1O. The van der Waals surface area contributed by atoms with Gasteiger partial charge >= 0.3 is 5.97 Å². The van der Waals surface area contributed by atoms with Crippen molar-refractivity contribution in [3.8, 4) is 46.0 Å². The first-order valence-electron chi connectivity index (χ1n) is 17.5. The first-order valence-corrected chi connectivity index (χ1v) is 17.5. The maximum Gasteiger partial charge on any atom is 0.330 e. The van der Waals surface area contributed by atoms with Crippen molar-refractivity contribution in [2.24, 2.45) is 0 Å². The summed E-state index contributed by atoms with van der Waals surface area (Å²) >= 11 is 0. The third-order valence-electron chi connectivity index (χ3n) is 9.51. The summed E-state index contributed by atoms with van der Waals surface area (Å²) in [6, 6.07) is 8.77. The molecule has 6 rings (SSSR count). The van der Waals surface area contributed by atoms with Crippen LogP contribution in [0.2, 0.25) is 0 Å². The lowest BCUT2D eigenvalue weighted by Crippen LogP contribution is -2.61. The molecular weight excluding hydrogens is 776 g/mol. The Morgan fingerprint density at radius 1 is 0.707 bits per heavy atom. The molecule has 1 unspecified atom stereocenters. The standard InChI is InChI=1S/C38H42O20/c1-51-23-7-15(8-24(52-2)29(23)44)3-6-28(43)53-13-26-30(45)32(47)34(49)37(57-26)54-14-27-31(46)33(48)35(50)38(58-27)56-25-12-18-20(41)10-17(39)11-22(18)55-36(25)16-4-5-19(40)21(42)9-16/h3-12,26-27,30-42,44-50H,13-14H2,1-2H3/b6-3+/t26-,27+,30-,31-,32+,33+,34-,35-,36?,37-,38-/m1/s1. The topological polar surface area (TPSA) is 313 Å². The molecule has 58 heavy (non-hydrogen) atoms. The average molecular weight is 819 g/mol. The molecule has 20 heteroatoms. The first kappa shape index (κ1) is 42.1. The Bertz CT molecular complexity index is 1990. The number of phenols is 5. The summed E-state index contributed by atoms with van der Waals surface area (Å²) in [5.41, 5.74) is 0.630. The minimum Gasteiger partial charge on any atom is -0.508 e. The zero-order valence-electron chi connectivity index (χ0n) is 30.6. The fourth-order valence-corrected chi connectivity index (χ4v) is 6.33. The van der Waals surface area contributed by atoms with Gasteiger partial charge in [0.15, 0.2) is 35.4 Å². The number of fused-ring (bicyclic) bond motifs is 1. The van der Waals surface area contributed by atoms with E-state index < -0.39 is 104 Å². The van der Waals surface area contributed by atoms with E-state index in [0.29, 0.717) is 5.56 Å². The number of phenolic OH excluding ortho intramolecular Hbond substituents is 5. The second-order valence-electron chi connectivity index (χ2n) is 13.4. The molecule has 11 atom stereocenters. The summed E-state index contributed by atoms with van der Waals surface area (Å²) in [5, 5.41) is 115. The quantitative estimate of drug-likeness (QED) is 0.0630. The van der Waals surface area contributed by atoms with Gasteiger partial charge < -0.3 is 94.1 Å². The van der Waals surface area contributed by atoms with Crippen molar-refractivity contribution < 1.29 is 98.9 Å². The van der Waals surface area contributed by atoms with Crippen molar-refractivity contribution in [3.63, 3.8) is 0 Å². The predicted molar refractivity (Wildman–Crippen MR) is 192 cm³/mol. The number of hydrogen-bond donors (Lipinski definition) is 11. The van der Waals surface area contributed by atoms with Crippen LogP contribution >= 0.6 is 0 Å².